The number of aromatic nitrogens is 4. The van der Waals surface area contributed by atoms with E-state index in [-0.39, 0.29) is 11.9 Å². The molecule has 6 nitrogen and oxygen atoms in total. The molecule has 1 saturated carbocycles. The van der Waals surface area contributed by atoms with Crippen LogP contribution < -0.4 is 0 Å². The minimum Gasteiger partial charge on any atom is -0.334 e. The number of hydrogen-bond acceptors (Lipinski definition) is 4. The average molecular weight is 269 g/mol. The van der Waals surface area contributed by atoms with Gasteiger partial charge >= 0.3 is 0 Å². The van der Waals surface area contributed by atoms with Crippen LogP contribution in [0.1, 0.15) is 40.9 Å². The maximum Gasteiger partial charge on any atom is 0.255 e. The van der Waals surface area contributed by atoms with Crippen molar-refractivity contribution in [3.63, 3.8) is 0 Å². The quantitative estimate of drug-likeness (QED) is 0.841. The molecule has 6 heteroatoms. The lowest BCUT2D eigenvalue weighted by Gasteiger charge is -2.38. The summed E-state index contributed by atoms with van der Waals surface area (Å²) in [4.78, 5) is 18.0. The Balaban J connectivity index is 1.40. The predicted molar refractivity (Wildman–Crippen MR) is 71.2 cm³/mol. The summed E-state index contributed by atoms with van der Waals surface area (Å²) in [5.41, 5.74) is 1.74. The van der Waals surface area contributed by atoms with Gasteiger partial charge in [-0.15, -0.1) is 5.10 Å². The molecular formula is C14H15N5O. The molecule has 102 valence electrons. The molecule has 0 radical (unpaired) electrons. The van der Waals surface area contributed by atoms with Gasteiger partial charge in [-0.2, -0.15) is 0 Å². The van der Waals surface area contributed by atoms with Gasteiger partial charge in [0.25, 0.3) is 5.91 Å². The van der Waals surface area contributed by atoms with Gasteiger partial charge in [-0.05, 0) is 25.0 Å². The zero-order chi connectivity index (χ0) is 13.5. The lowest BCUT2D eigenvalue weighted by atomic mass is 10.1. The Kier molecular flexibility index (Phi) is 2.55. The molecule has 2 aromatic heterocycles. The number of carbonyl (C=O) groups is 1. The molecule has 2 aliphatic rings. The van der Waals surface area contributed by atoms with Crippen LogP contribution in [0.3, 0.4) is 0 Å². The zero-order valence-corrected chi connectivity index (χ0v) is 11.0. The molecule has 0 bridgehead atoms. The summed E-state index contributed by atoms with van der Waals surface area (Å²) in [7, 11) is 0. The lowest BCUT2D eigenvalue weighted by Crippen LogP contribution is -2.50. The van der Waals surface area contributed by atoms with Crippen LogP contribution in [-0.4, -0.2) is 43.9 Å². The average Bonchev–Trinajstić information content (AvgIpc) is 3.18. The van der Waals surface area contributed by atoms with Gasteiger partial charge in [-0.1, -0.05) is 5.21 Å². The molecule has 0 spiro atoms. The van der Waals surface area contributed by atoms with Crippen molar-refractivity contribution < 1.29 is 4.79 Å². The number of hydrogen-bond donors (Lipinski definition) is 0. The Bertz CT molecular complexity index is 628. The van der Waals surface area contributed by atoms with E-state index in [0.717, 1.165) is 5.69 Å². The Labute approximate surface area is 116 Å². The largest absolute Gasteiger partial charge is 0.334 e. The van der Waals surface area contributed by atoms with Gasteiger partial charge in [0.15, 0.2) is 0 Å². The van der Waals surface area contributed by atoms with Gasteiger partial charge in [0.1, 0.15) is 0 Å². The molecule has 20 heavy (non-hydrogen) atoms. The molecule has 2 fully saturated rings. The summed E-state index contributed by atoms with van der Waals surface area (Å²) in [5, 5.41) is 8.39. The summed E-state index contributed by atoms with van der Waals surface area (Å²) < 4.78 is 1.90. The second kappa shape index (κ2) is 4.40. The number of likely N-dealkylation sites (tertiary alicyclic amines) is 1. The zero-order valence-electron chi connectivity index (χ0n) is 11.0. The van der Waals surface area contributed by atoms with Crippen LogP contribution in [0.15, 0.2) is 30.7 Å². The van der Waals surface area contributed by atoms with Crippen LogP contribution in [0.5, 0.6) is 0 Å². The summed E-state index contributed by atoms with van der Waals surface area (Å²) >= 11 is 0. The standard InChI is InChI=1S/C14H15N5O/c20-14(11-2-1-5-15-6-11)18-7-12(8-18)19-9-13(16-17-19)10-3-4-10/h1-2,5-6,9-10,12H,3-4,7-8H2. The second-order valence-electron chi connectivity index (χ2n) is 5.50. The van der Waals surface area contributed by atoms with Gasteiger partial charge < -0.3 is 4.90 Å². The Hall–Kier alpha value is -2.24. The first-order chi connectivity index (χ1) is 9.81. The number of nitrogens with zero attached hydrogens (tertiary/aromatic N) is 5. The predicted octanol–water partition coefficient (Wildman–Crippen LogP) is 1.25. The molecule has 0 unspecified atom stereocenters. The highest BCUT2D eigenvalue weighted by molar-refractivity contribution is 5.94. The maximum absolute atomic E-state index is 12.2. The summed E-state index contributed by atoms with van der Waals surface area (Å²) in [5.74, 6) is 0.661. The fourth-order valence-corrected chi connectivity index (χ4v) is 2.50. The van der Waals surface area contributed by atoms with Crippen molar-refractivity contribution in [2.45, 2.75) is 24.8 Å². The normalized spacial score (nSPS) is 18.9. The SMILES string of the molecule is O=C(c1cccnc1)N1CC(n2cc(C3CC3)nn2)C1. The molecule has 1 amide bonds. The van der Waals surface area contributed by atoms with Gasteiger partial charge in [0.05, 0.1) is 17.3 Å². The highest BCUT2D eigenvalue weighted by atomic mass is 16.2. The van der Waals surface area contributed by atoms with Crippen molar-refractivity contribution >= 4 is 5.91 Å². The van der Waals surface area contributed by atoms with E-state index in [0.29, 0.717) is 24.6 Å². The van der Waals surface area contributed by atoms with Crippen molar-refractivity contribution in [2.24, 2.45) is 0 Å². The van der Waals surface area contributed by atoms with E-state index >= 15 is 0 Å². The molecular weight excluding hydrogens is 254 g/mol. The van der Waals surface area contributed by atoms with E-state index in [1.54, 1.807) is 24.5 Å². The minimum absolute atomic E-state index is 0.0388. The van der Waals surface area contributed by atoms with Crippen LogP contribution in [-0.2, 0) is 0 Å². The lowest BCUT2D eigenvalue weighted by molar-refractivity contribution is 0.0498. The van der Waals surface area contributed by atoms with Crippen molar-refractivity contribution in [3.8, 4) is 0 Å². The molecule has 0 aromatic carbocycles. The van der Waals surface area contributed by atoms with E-state index in [9.17, 15) is 4.79 Å². The van der Waals surface area contributed by atoms with Gasteiger partial charge in [-0.25, -0.2) is 4.68 Å². The molecule has 0 N–H and O–H groups in total. The molecule has 0 atom stereocenters. The van der Waals surface area contributed by atoms with Gasteiger partial charge in [0.2, 0.25) is 0 Å². The highest BCUT2D eigenvalue weighted by Crippen LogP contribution is 2.39. The van der Waals surface area contributed by atoms with Crippen molar-refractivity contribution in [1.29, 1.82) is 0 Å². The monoisotopic (exact) mass is 269 g/mol. The van der Waals surface area contributed by atoms with E-state index < -0.39 is 0 Å². The van der Waals surface area contributed by atoms with Crippen LogP contribution in [0, 0.1) is 0 Å². The fourth-order valence-electron chi connectivity index (χ4n) is 2.50. The third kappa shape index (κ3) is 1.97. The molecule has 2 aromatic rings. The number of carbonyl (C=O) groups excluding carboxylic acids is 1. The second-order valence-corrected chi connectivity index (χ2v) is 5.50. The Morgan fingerprint density at radius 1 is 1.30 bits per heavy atom. The Morgan fingerprint density at radius 3 is 2.85 bits per heavy atom. The summed E-state index contributed by atoms with van der Waals surface area (Å²) in [6, 6.07) is 3.84. The molecule has 3 heterocycles. The fraction of sp³-hybridized carbons (Fsp3) is 0.429. The Morgan fingerprint density at radius 2 is 2.15 bits per heavy atom. The number of amides is 1. The third-order valence-electron chi connectivity index (χ3n) is 3.96. The first-order valence-electron chi connectivity index (χ1n) is 6.92. The first kappa shape index (κ1) is 11.6. The molecule has 4 rings (SSSR count). The van der Waals surface area contributed by atoms with Crippen molar-refractivity contribution in [3.05, 3.63) is 42.0 Å². The number of rotatable bonds is 3. The highest BCUT2D eigenvalue weighted by Gasteiger charge is 2.34. The molecule has 1 aliphatic carbocycles. The van der Waals surface area contributed by atoms with Crippen LogP contribution in [0.2, 0.25) is 0 Å². The minimum atomic E-state index is 0.0388. The first-order valence-corrected chi connectivity index (χ1v) is 6.92. The molecule has 1 aliphatic heterocycles. The number of pyridine rings is 1. The van der Waals surface area contributed by atoms with Crippen molar-refractivity contribution in [1.82, 2.24) is 24.9 Å². The van der Waals surface area contributed by atoms with E-state index in [2.05, 4.69) is 15.3 Å². The maximum atomic E-state index is 12.2. The van der Waals surface area contributed by atoms with Crippen LogP contribution >= 0.6 is 0 Å². The third-order valence-corrected chi connectivity index (χ3v) is 3.96. The van der Waals surface area contributed by atoms with E-state index in [1.807, 2.05) is 15.8 Å². The van der Waals surface area contributed by atoms with Gasteiger partial charge in [0, 0.05) is 37.6 Å². The van der Waals surface area contributed by atoms with E-state index in [4.69, 9.17) is 0 Å². The topological polar surface area (TPSA) is 63.9 Å². The van der Waals surface area contributed by atoms with E-state index in [1.165, 1.54) is 12.8 Å². The summed E-state index contributed by atoms with van der Waals surface area (Å²) in [6.45, 7) is 1.39. The summed E-state index contributed by atoms with van der Waals surface area (Å²) in [6.07, 6.45) is 7.78. The smallest absolute Gasteiger partial charge is 0.255 e. The molecule has 1 saturated heterocycles. The van der Waals surface area contributed by atoms with Gasteiger partial charge in [-0.3, -0.25) is 9.78 Å². The van der Waals surface area contributed by atoms with Crippen LogP contribution in [0.4, 0.5) is 0 Å². The van der Waals surface area contributed by atoms with Crippen molar-refractivity contribution in [2.75, 3.05) is 13.1 Å². The van der Waals surface area contributed by atoms with Crippen LogP contribution in [0.25, 0.3) is 0 Å².